The number of hydrogen-bond donors (Lipinski definition) is 0. The van der Waals surface area contributed by atoms with Gasteiger partial charge in [-0.2, -0.15) is 0 Å². The summed E-state index contributed by atoms with van der Waals surface area (Å²) in [4.78, 5) is 18.3. The first-order chi connectivity index (χ1) is 9.66. The Hall–Kier alpha value is -2.69. The van der Waals surface area contributed by atoms with E-state index >= 15 is 0 Å². The Morgan fingerprint density at radius 3 is 2.25 bits per heavy atom. The SMILES string of the molecule is CN(C)c1ccc(N=NOC(=O)c2ccccc2)cc1. The van der Waals surface area contributed by atoms with Gasteiger partial charge in [-0.3, -0.25) is 4.84 Å². The van der Waals surface area contributed by atoms with Gasteiger partial charge in [-0.1, -0.05) is 18.2 Å². The van der Waals surface area contributed by atoms with Crippen molar-refractivity contribution in [3.63, 3.8) is 0 Å². The van der Waals surface area contributed by atoms with Crippen LogP contribution in [0.5, 0.6) is 0 Å². The molecule has 5 heteroatoms. The number of carbonyl (C=O) groups excluding carboxylic acids is 1. The highest BCUT2D eigenvalue weighted by atomic mass is 16.7. The summed E-state index contributed by atoms with van der Waals surface area (Å²) in [7, 11) is 3.91. The van der Waals surface area contributed by atoms with E-state index in [0.717, 1.165) is 5.69 Å². The lowest BCUT2D eigenvalue weighted by atomic mass is 10.2. The molecule has 0 atom stereocenters. The molecule has 0 aromatic heterocycles. The molecule has 0 fully saturated rings. The molecular formula is C15H15N3O2. The monoisotopic (exact) mass is 269 g/mol. The van der Waals surface area contributed by atoms with Crippen molar-refractivity contribution >= 4 is 17.3 Å². The van der Waals surface area contributed by atoms with Crippen molar-refractivity contribution in [1.29, 1.82) is 0 Å². The fourth-order valence-corrected chi connectivity index (χ4v) is 1.55. The minimum absolute atomic E-state index is 0.439. The van der Waals surface area contributed by atoms with Crippen molar-refractivity contribution in [3.8, 4) is 0 Å². The topological polar surface area (TPSA) is 54.3 Å². The molecule has 0 radical (unpaired) electrons. The molecule has 0 spiro atoms. The lowest BCUT2D eigenvalue weighted by Gasteiger charge is -2.11. The second-order valence-electron chi connectivity index (χ2n) is 4.34. The number of anilines is 1. The van der Waals surface area contributed by atoms with Gasteiger partial charge in [0.25, 0.3) is 0 Å². The molecule has 0 heterocycles. The summed E-state index contributed by atoms with van der Waals surface area (Å²) in [6, 6.07) is 16.1. The average Bonchev–Trinajstić information content (AvgIpc) is 2.48. The maximum Gasteiger partial charge on any atom is 0.367 e. The Labute approximate surface area is 117 Å². The smallest absolute Gasteiger partial charge is 0.367 e. The van der Waals surface area contributed by atoms with Crippen molar-refractivity contribution in [1.82, 2.24) is 0 Å². The van der Waals surface area contributed by atoms with E-state index in [2.05, 4.69) is 10.4 Å². The van der Waals surface area contributed by atoms with Crippen LogP contribution in [-0.2, 0) is 4.84 Å². The lowest BCUT2D eigenvalue weighted by molar-refractivity contribution is 0.0483. The highest BCUT2D eigenvalue weighted by Gasteiger charge is 2.05. The third kappa shape index (κ3) is 3.65. The van der Waals surface area contributed by atoms with Gasteiger partial charge in [0, 0.05) is 25.1 Å². The van der Waals surface area contributed by atoms with Crippen LogP contribution in [0.3, 0.4) is 0 Å². The van der Waals surface area contributed by atoms with Gasteiger partial charge in [0.2, 0.25) is 0 Å². The Morgan fingerprint density at radius 1 is 1.00 bits per heavy atom. The molecule has 0 aliphatic carbocycles. The van der Waals surface area contributed by atoms with E-state index in [1.54, 1.807) is 36.4 Å². The minimum atomic E-state index is -0.528. The van der Waals surface area contributed by atoms with Gasteiger partial charge in [-0.25, -0.2) is 4.79 Å². The van der Waals surface area contributed by atoms with Crippen molar-refractivity contribution in [2.45, 2.75) is 0 Å². The van der Waals surface area contributed by atoms with Gasteiger partial charge >= 0.3 is 5.97 Å². The predicted molar refractivity (Wildman–Crippen MR) is 77.1 cm³/mol. The summed E-state index contributed by atoms with van der Waals surface area (Å²) in [6.45, 7) is 0. The van der Waals surface area contributed by atoms with E-state index in [0.29, 0.717) is 11.3 Å². The lowest BCUT2D eigenvalue weighted by Crippen LogP contribution is -2.07. The van der Waals surface area contributed by atoms with Gasteiger partial charge in [-0.15, -0.1) is 5.11 Å². The van der Waals surface area contributed by atoms with Crippen molar-refractivity contribution in [2.24, 2.45) is 10.4 Å². The number of hydrogen-bond acceptors (Lipinski definition) is 5. The molecule has 102 valence electrons. The first-order valence-electron chi connectivity index (χ1n) is 6.11. The van der Waals surface area contributed by atoms with E-state index in [-0.39, 0.29) is 0 Å². The van der Waals surface area contributed by atoms with Gasteiger partial charge in [0.15, 0.2) is 0 Å². The number of carbonyl (C=O) groups is 1. The largest absolute Gasteiger partial charge is 0.378 e. The second-order valence-corrected chi connectivity index (χ2v) is 4.34. The van der Waals surface area contributed by atoms with Crippen LogP contribution in [0.4, 0.5) is 11.4 Å². The third-order valence-electron chi connectivity index (χ3n) is 2.66. The van der Waals surface area contributed by atoms with Crippen molar-refractivity contribution in [2.75, 3.05) is 19.0 Å². The Balaban J connectivity index is 1.95. The zero-order valence-electron chi connectivity index (χ0n) is 11.4. The summed E-state index contributed by atoms with van der Waals surface area (Å²) >= 11 is 0. The number of rotatable bonds is 4. The maximum absolute atomic E-state index is 11.6. The fraction of sp³-hybridized carbons (Fsp3) is 0.133. The molecule has 2 rings (SSSR count). The normalized spacial score (nSPS) is 10.5. The zero-order valence-corrected chi connectivity index (χ0v) is 11.4. The maximum atomic E-state index is 11.6. The molecule has 0 aliphatic heterocycles. The van der Waals surface area contributed by atoms with Gasteiger partial charge in [-0.05, 0) is 36.4 Å². The van der Waals surface area contributed by atoms with Gasteiger partial charge in [0.05, 0.1) is 11.3 Å². The third-order valence-corrected chi connectivity index (χ3v) is 2.66. The van der Waals surface area contributed by atoms with E-state index in [1.807, 2.05) is 37.2 Å². The van der Waals surface area contributed by atoms with Crippen molar-refractivity contribution < 1.29 is 9.63 Å². The molecular weight excluding hydrogens is 254 g/mol. The average molecular weight is 269 g/mol. The quantitative estimate of drug-likeness (QED) is 0.629. The molecule has 0 bridgehead atoms. The molecule has 5 nitrogen and oxygen atoms in total. The van der Waals surface area contributed by atoms with Crippen LogP contribution in [0.1, 0.15) is 10.4 Å². The van der Waals surface area contributed by atoms with Crippen LogP contribution >= 0.6 is 0 Å². The Kier molecular flexibility index (Phi) is 4.44. The molecule has 0 N–H and O–H groups in total. The van der Waals surface area contributed by atoms with Crippen LogP contribution in [-0.4, -0.2) is 20.1 Å². The molecule has 0 aliphatic rings. The number of nitrogens with zero attached hydrogens (tertiary/aromatic N) is 3. The molecule has 20 heavy (non-hydrogen) atoms. The Morgan fingerprint density at radius 2 is 1.65 bits per heavy atom. The molecule has 0 saturated heterocycles. The highest BCUT2D eigenvalue weighted by molar-refractivity contribution is 5.89. The molecule has 2 aromatic rings. The molecule has 0 amide bonds. The van der Waals surface area contributed by atoms with Crippen LogP contribution in [0.15, 0.2) is 65.0 Å². The first-order valence-corrected chi connectivity index (χ1v) is 6.11. The van der Waals surface area contributed by atoms with Gasteiger partial charge in [0.1, 0.15) is 0 Å². The summed E-state index contributed by atoms with van der Waals surface area (Å²) in [5.74, 6) is -0.528. The second kappa shape index (κ2) is 6.47. The summed E-state index contributed by atoms with van der Waals surface area (Å²) in [5, 5.41) is 7.29. The van der Waals surface area contributed by atoms with Crippen LogP contribution in [0.25, 0.3) is 0 Å². The first kappa shape index (κ1) is 13.7. The molecule has 2 aromatic carbocycles. The number of benzene rings is 2. The molecule has 0 unspecified atom stereocenters. The minimum Gasteiger partial charge on any atom is -0.378 e. The molecule has 0 saturated carbocycles. The van der Waals surface area contributed by atoms with E-state index in [9.17, 15) is 4.79 Å². The Bertz CT molecular complexity index is 592. The van der Waals surface area contributed by atoms with E-state index < -0.39 is 5.97 Å². The predicted octanol–water partition coefficient (Wildman–Crippen LogP) is 3.61. The summed E-state index contributed by atoms with van der Waals surface area (Å²) in [5.41, 5.74) is 2.12. The highest BCUT2D eigenvalue weighted by Crippen LogP contribution is 2.18. The standard InChI is InChI=1S/C15H15N3O2/c1-18(2)14-10-8-13(9-11-14)16-17-20-15(19)12-6-4-3-5-7-12/h3-11H,1-2H3. The fourth-order valence-electron chi connectivity index (χ4n) is 1.55. The summed E-state index contributed by atoms with van der Waals surface area (Å²) < 4.78 is 0. The zero-order chi connectivity index (χ0) is 14.4. The van der Waals surface area contributed by atoms with E-state index in [4.69, 9.17) is 4.84 Å². The van der Waals surface area contributed by atoms with Crippen molar-refractivity contribution in [3.05, 3.63) is 60.2 Å². The van der Waals surface area contributed by atoms with Gasteiger partial charge < -0.3 is 4.90 Å². The van der Waals surface area contributed by atoms with Crippen LogP contribution in [0.2, 0.25) is 0 Å². The van der Waals surface area contributed by atoms with E-state index in [1.165, 1.54) is 0 Å². The summed E-state index contributed by atoms with van der Waals surface area (Å²) in [6.07, 6.45) is 0. The van der Waals surface area contributed by atoms with Crippen LogP contribution in [0, 0.1) is 0 Å². The van der Waals surface area contributed by atoms with Crippen LogP contribution < -0.4 is 4.90 Å².